The van der Waals surface area contributed by atoms with Crippen molar-refractivity contribution in [3.05, 3.63) is 48.3 Å². The molecule has 0 bridgehead atoms. The van der Waals surface area contributed by atoms with E-state index in [2.05, 4.69) is 19.8 Å². The number of halogens is 1. The quantitative estimate of drug-likeness (QED) is 0.665. The maximum absolute atomic E-state index is 14.0. The van der Waals surface area contributed by atoms with E-state index in [0.29, 0.717) is 60.8 Å². The number of sulfone groups is 1. The molecule has 1 aliphatic rings. The SMILES string of the molecule is CS(=O)(=O)CCN1CCN(c2nc(-c3ccccc3O)nc3ccc(F)cc23)CC1. The average Bonchev–Trinajstić information content (AvgIpc) is 2.72. The number of hydrogen-bond donors (Lipinski definition) is 1. The van der Waals surface area contributed by atoms with Crippen molar-refractivity contribution < 1.29 is 17.9 Å². The van der Waals surface area contributed by atoms with Gasteiger partial charge in [0.2, 0.25) is 0 Å². The number of para-hydroxylation sites is 1. The summed E-state index contributed by atoms with van der Waals surface area (Å²) in [6.45, 7) is 3.12. The van der Waals surface area contributed by atoms with Gasteiger partial charge in [-0.1, -0.05) is 12.1 Å². The molecule has 158 valence electrons. The number of fused-ring (bicyclic) bond motifs is 1. The van der Waals surface area contributed by atoms with E-state index in [4.69, 9.17) is 0 Å². The van der Waals surface area contributed by atoms with Crippen LogP contribution in [0.15, 0.2) is 42.5 Å². The van der Waals surface area contributed by atoms with Gasteiger partial charge in [-0.25, -0.2) is 22.8 Å². The van der Waals surface area contributed by atoms with Gasteiger partial charge in [0.15, 0.2) is 5.82 Å². The molecule has 3 aromatic rings. The average molecular weight is 431 g/mol. The predicted octanol–water partition coefficient (Wildman–Crippen LogP) is 2.31. The van der Waals surface area contributed by atoms with Gasteiger partial charge in [0.1, 0.15) is 27.2 Å². The molecule has 7 nitrogen and oxygen atoms in total. The summed E-state index contributed by atoms with van der Waals surface area (Å²) in [5.74, 6) is 0.832. The first-order valence-corrected chi connectivity index (χ1v) is 11.8. The van der Waals surface area contributed by atoms with Crippen molar-refractivity contribution in [2.45, 2.75) is 0 Å². The lowest BCUT2D eigenvalue weighted by Crippen LogP contribution is -2.48. The van der Waals surface area contributed by atoms with Crippen LogP contribution in [-0.2, 0) is 9.84 Å². The molecular weight excluding hydrogens is 407 g/mol. The van der Waals surface area contributed by atoms with E-state index in [1.54, 1.807) is 30.3 Å². The first-order valence-electron chi connectivity index (χ1n) is 9.71. The first-order chi connectivity index (χ1) is 14.3. The summed E-state index contributed by atoms with van der Waals surface area (Å²) in [6.07, 6.45) is 1.24. The largest absolute Gasteiger partial charge is 0.507 e. The van der Waals surface area contributed by atoms with E-state index in [1.165, 1.54) is 18.4 Å². The molecule has 1 N–H and O–H groups in total. The molecule has 0 amide bonds. The molecule has 0 unspecified atom stereocenters. The van der Waals surface area contributed by atoms with Crippen molar-refractivity contribution in [2.24, 2.45) is 0 Å². The molecule has 2 aromatic carbocycles. The van der Waals surface area contributed by atoms with Gasteiger partial charge in [-0.2, -0.15) is 0 Å². The van der Waals surface area contributed by atoms with E-state index in [0.717, 1.165) is 0 Å². The maximum Gasteiger partial charge on any atom is 0.165 e. The fourth-order valence-electron chi connectivity index (χ4n) is 3.59. The Morgan fingerprint density at radius 3 is 2.50 bits per heavy atom. The summed E-state index contributed by atoms with van der Waals surface area (Å²) < 4.78 is 36.8. The number of piperazine rings is 1. The smallest absolute Gasteiger partial charge is 0.165 e. The number of phenolic OH excluding ortho intramolecular Hbond substituents is 1. The number of aromatic hydroxyl groups is 1. The zero-order valence-electron chi connectivity index (χ0n) is 16.6. The lowest BCUT2D eigenvalue weighted by molar-refractivity contribution is 0.271. The van der Waals surface area contributed by atoms with Gasteiger partial charge in [0.05, 0.1) is 16.8 Å². The lowest BCUT2D eigenvalue weighted by Gasteiger charge is -2.35. The summed E-state index contributed by atoms with van der Waals surface area (Å²) in [4.78, 5) is 13.4. The van der Waals surface area contributed by atoms with Crippen LogP contribution >= 0.6 is 0 Å². The van der Waals surface area contributed by atoms with Crippen LogP contribution in [-0.4, -0.2) is 73.1 Å². The molecule has 0 radical (unpaired) electrons. The first kappa shape index (κ1) is 20.5. The highest BCUT2D eigenvalue weighted by molar-refractivity contribution is 7.90. The molecule has 30 heavy (non-hydrogen) atoms. The third-order valence-electron chi connectivity index (χ3n) is 5.23. The molecule has 0 aliphatic carbocycles. The molecule has 1 saturated heterocycles. The molecule has 0 atom stereocenters. The van der Waals surface area contributed by atoms with Crippen LogP contribution in [0.25, 0.3) is 22.3 Å². The van der Waals surface area contributed by atoms with Gasteiger partial charge in [-0.05, 0) is 30.3 Å². The zero-order valence-corrected chi connectivity index (χ0v) is 17.4. The van der Waals surface area contributed by atoms with Crippen molar-refractivity contribution in [3.63, 3.8) is 0 Å². The Hall–Kier alpha value is -2.78. The standard InChI is InChI=1S/C21H23FN4O3S/c1-30(28,29)13-12-25-8-10-26(11-9-25)21-17-14-15(22)6-7-18(17)23-20(24-21)16-4-2-3-5-19(16)27/h2-7,14,27H,8-13H2,1H3. The van der Waals surface area contributed by atoms with Crippen LogP contribution < -0.4 is 4.90 Å². The van der Waals surface area contributed by atoms with Crippen molar-refractivity contribution in [1.29, 1.82) is 0 Å². The van der Waals surface area contributed by atoms with Gasteiger partial charge in [0, 0.05) is 44.4 Å². The number of anilines is 1. The Kier molecular flexibility index (Phi) is 5.57. The highest BCUT2D eigenvalue weighted by atomic mass is 32.2. The molecule has 1 fully saturated rings. The van der Waals surface area contributed by atoms with Gasteiger partial charge in [0.25, 0.3) is 0 Å². The predicted molar refractivity (Wildman–Crippen MR) is 115 cm³/mol. The Morgan fingerprint density at radius 2 is 1.80 bits per heavy atom. The van der Waals surface area contributed by atoms with E-state index in [1.807, 2.05) is 0 Å². The van der Waals surface area contributed by atoms with Crippen LogP contribution in [0, 0.1) is 5.82 Å². The molecular formula is C21H23FN4O3S. The van der Waals surface area contributed by atoms with Crippen LogP contribution in [0.3, 0.4) is 0 Å². The topological polar surface area (TPSA) is 86.6 Å². The number of hydrogen-bond acceptors (Lipinski definition) is 7. The van der Waals surface area contributed by atoms with Gasteiger partial charge in [-0.15, -0.1) is 0 Å². The van der Waals surface area contributed by atoms with Gasteiger partial charge < -0.3 is 10.0 Å². The maximum atomic E-state index is 14.0. The molecule has 0 spiro atoms. The molecule has 1 aliphatic heterocycles. The van der Waals surface area contributed by atoms with Crippen molar-refractivity contribution >= 4 is 26.6 Å². The summed E-state index contributed by atoms with van der Waals surface area (Å²) >= 11 is 0. The highest BCUT2D eigenvalue weighted by Gasteiger charge is 2.22. The van der Waals surface area contributed by atoms with Gasteiger partial charge >= 0.3 is 0 Å². The van der Waals surface area contributed by atoms with Crippen molar-refractivity contribution in [3.8, 4) is 17.1 Å². The second-order valence-electron chi connectivity index (χ2n) is 7.51. The highest BCUT2D eigenvalue weighted by Crippen LogP contribution is 2.32. The van der Waals surface area contributed by atoms with Gasteiger partial charge in [-0.3, -0.25) is 4.90 Å². The van der Waals surface area contributed by atoms with E-state index in [9.17, 15) is 17.9 Å². The van der Waals surface area contributed by atoms with Crippen LogP contribution in [0.5, 0.6) is 5.75 Å². The fourth-order valence-corrected chi connectivity index (χ4v) is 4.18. The number of phenols is 1. The van der Waals surface area contributed by atoms with Crippen molar-refractivity contribution in [1.82, 2.24) is 14.9 Å². The van der Waals surface area contributed by atoms with E-state index in [-0.39, 0.29) is 17.3 Å². The Labute approximate surface area is 174 Å². The Bertz CT molecular complexity index is 1180. The number of nitrogens with zero attached hydrogens (tertiary/aromatic N) is 4. The van der Waals surface area contributed by atoms with Crippen LogP contribution in [0.1, 0.15) is 0 Å². The molecule has 0 saturated carbocycles. The molecule has 2 heterocycles. The molecule has 4 rings (SSSR count). The summed E-state index contributed by atoms with van der Waals surface area (Å²) in [5, 5.41) is 10.8. The van der Waals surface area contributed by atoms with Crippen LogP contribution in [0.4, 0.5) is 10.2 Å². The minimum atomic E-state index is -3.00. The minimum absolute atomic E-state index is 0.0792. The normalized spacial score (nSPS) is 15.6. The van der Waals surface area contributed by atoms with Crippen molar-refractivity contribution in [2.75, 3.05) is 49.6 Å². The monoisotopic (exact) mass is 430 g/mol. The number of aromatic nitrogens is 2. The number of rotatable bonds is 5. The van der Waals surface area contributed by atoms with Crippen LogP contribution in [0.2, 0.25) is 0 Å². The third-order valence-corrected chi connectivity index (χ3v) is 6.16. The summed E-state index contributed by atoms with van der Waals surface area (Å²) in [6, 6.07) is 11.2. The Morgan fingerprint density at radius 1 is 1.07 bits per heavy atom. The zero-order chi connectivity index (χ0) is 21.3. The fraction of sp³-hybridized carbons (Fsp3) is 0.333. The number of benzene rings is 2. The van der Waals surface area contributed by atoms with E-state index < -0.39 is 9.84 Å². The minimum Gasteiger partial charge on any atom is -0.507 e. The summed E-state index contributed by atoms with van der Waals surface area (Å²) in [5.41, 5.74) is 1.11. The molecule has 1 aromatic heterocycles. The lowest BCUT2D eigenvalue weighted by atomic mass is 10.1. The molecule has 9 heteroatoms. The Balaban J connectivity index is 1.66. The summed E-state index contributed by atoms with van der Waals surface area (Å²) in [7, 11) is -3.00. The van der Waals surface area contributed by atoms with E-state index >= 15 is 0 Å². The second kappa shape index (κ2) is 8.16. The third kappa shape index (κ3) is 4.52. The second-order valence-corrected chi connectivity index (χ2v) is 9.77.